The molecule has 1 aliphatic heterocycles. The molecule has 1 aliphatic rings. The van der Waals surface area contributed by atoms with E-state index < -0.39 is 18.1 Å². The van der Waals surface area contributed by atoms with Crippen LogP contribution in [-0.2, 0) is 17.8 Å². The smallest absolute Gasteiger partial charge is 0.356 e. The van der Waals surface area contributed by atoms with E-state index in [-0.39, 0.29) is 23.0 Å². The van der Waals surface area contributed by atoms with E-state index in [1.54, 1.807) is 10.7 Å². The number of hydrogen-bond acceptors (Lipinski definition) is 3. The minimum absolute atomic E-state index is 0.0343. The maximum Gasteiger partial charge on any atom is 0.412 e. The Balaban J connectivity index is 1.78. The van der Waals surface area contributed by atoms with E-state index >= 15 is 0 Å². The summed E-state index contributed by atoms with van der Waals surface area (Å²) in [6.45, 7) is 2.43. The van der Waals surface area contributed by atoms with Crippen LogP contribution in [-0.4, -0.2) is 34.3 Å². The highest BCUT2D eigenvalue weighted by atomic mass is 19.4. The summed E-state index contributed by atoms with van der Waals surface area (Å²) in [6.07, 6.45) is -2.08. The molecule has 0 radical (unpaired) electrons. The number of alkyl halides is 3. The van der Waals surface area contributed by atoms with Crippen LogP contribution in [0.4, 0.5) is 13.2 Å². The average molecular weight is 394 g/mol. The number of benzene rings is 1. The maximum absolute atomic E-state index is 13.5. The molecular formula is C19H21F3N4O2. The Morgan fingerprint density at radius 3 is 2.64 bits per heavy atom. The highest BCUT2D eigenvalue weighted by Crippen LogP contribution is 2.33. The highest BCUT2D eigenvalue weighted by molar-refractivity contribution is 5.95. The average Bonchev–Trinajstić information content (AvgIpc) is 3.07. The molecule has 0 unspecified atom stereocenters. The number of rotatable bonds is 5. The number of carbonyl (C=O) groups excluding carboxylic acids is 2. The van der Waals surface area contributed by atoms with E-state index in [4.69, 9.17) is 0 Å². The minimum Gasteiger partial charge on any atom is -0.356 e. The lowest BCUT2D eigenvalue weighted by atomic mass is 9.94. The molecule has 150 valence electrons. The SMILES string of the molecule is CC(=O)NC[C@H]1CCn2ncc(C(=O)N[C@@H](c3ccccc3)C(F)(F)F)c2C1. The molecular weight excluding hydrogens is 373 g/mol. The van der Waals surface area contributed by atoms with Crippen LogP contribution >= 0.6 is 0 Å². The molecule has 2 N–H and O–H groups in total. The highest BCUT2D eigenvalue weighted by Gasteiger charge is 2.42. The number of carbonyl (C=O) groups is 2. The molecule has 28 heavy (non-hydrogen) atoms. The van der Waals surface area contributed by atoms with Crippen molar-refractivity contribution in [2.24, 2.45) is 5.92 Å². The largest absolute Gasteiger partial charge is 0.412 e. The van der Waals surface area contributed by atoms with E-state index in [9.17, 15) is 22.8 Å². The van der Waals surface area contributed by atoms with Gasteiger partial charge in [-0.3, -0.25) is 14.3 Å². The van der Waals surface area contributed by atoms with Gasteiger partial charge < -0.3 is 10.6 Å². The fourth-order valence-corrected chi connectivity index (χ4v) is 3.36. The second kappa shape index (κ2) is 8.04. The Labute approximate surface area is 160 Å². The number of nitrogens with one attached hydrogen (secondary N) is 2. The molecule has 1 aromatic carbocycles. The van der Waals surface area contributed by atoms with Gasteiger partial charge in [-0.05, 0) is 24.3 Å². The third-order valence-electron chi connectivity index (χ3n) is 4.80. The van der Waals surface area contributed by atoms with Crippen molar-refractivity contribution < 1.29 is 22.8 Å². The standard InChI is InChI=1S/C19H21F3N4O2/c1-12(27)23-10-13-7-8-26-16(9-13)15(11-24-26)18(28)25-17(19(20,21)22)14-5-3-2-4-6-14/h2-6,11,13,17H,7-10H2,1H3,(H,23,27)(H,25,28)/t13-,17-/m0/s1. The van der Waals surface area contributed by atoms with E-state index in [0.717, 1.165) is 6.42 Å². The van der Waals surface area contributed by atoms with Crippen molar-refractivity contribution in [3.05, 3.63) is 53.3 Å². The van der Waals surface area contributed by atoms with Crippen LogP contribution in [0, 0.1) is 5.92 Å². The van der Waals surface area contributed by atoms with E-state index in [1.807, 2.05) is 0 Å². The zero-order chi connectivity index (χ0) is 20.3. The summed E-state index contributed by atoms with van der Waals surface area (Å²) in [7, 11) is 0. The number of halogens is 3. The van der Waals surface area contributed by atoms with Crippen LogP contribution in [0.15, 0.2) is 36.5 Å². The van der Waals surface area contributed by atoms with Gasteiger partial charge in [-0.1, -0.05) is 30.3 Å². The summed E-state index contributed by atoms with van der Waals surface area (Å²) < 4.78 is 42.2. The summed E-state index contributed by atoms with van der Waals surface area (Å²) >= 11 is 0. The number of aryl methyl sites for hydroxylation is 1. The fourth-order valence-electron chi connectivity index (χ4n) is 3.36. The van der Waals surface area contributed by atoms with E-state index in [1.165, 1.54) is 37.4 Å². The van der Waals surface area contributed by atoms with Gasteiger partial charge in [0.1, 0.15) is 0 Å². The Morgan fingerprint density at radius 2 is 2.00 bits per heavy atom. The number of fused-ring (bicyclic) bond motifs is 1. The van der Waals surface area contributed by atoms with Gasteiger partial charge in [-0.15, -0.1) is 0 Å². The van der Waals surface area contributed by atoms with Gasteiger partial charge in [-0.2, -0.15) is 18.3 Å². The molecule has 3 rings (SSSR count). The third kappa shape index (κ3) is 4.52. The summed E-state index contributed by atoms with van der Waals surface area (Å²) in [4.78, 5) is 23.8. The van der Waals surface area contributed by atoms with Crippen LogP contribution in [0.25, 0.3) is 0 Å². The Bertz CT molecular complexity index is 849. The van der Waals surface area contributed by atoms with Gasteiger partial charge in [0.15, 0.2) is 6.04 Å². The van der Waals surface area contributed by atoms with Crippen molar-refractivity contribution in [2.75, 3.05) is 6.54 Å². The molecule has 0 fully saturated rings. The van der Waals surface area contributed by atoms with Crippen LogP contribution in [0.5, 0.6) is 0 Å². The van der Waals surface area contributed by atoms with Gasteiger partial charge in [0, 0.05) is 20.0 Å². The summed E-state index contributed by atoms with van der Waals surface area (Å²) in [5.41, 5.74) is 0.693. The lowest BCUT2D eigenvalue weighted by Gasteiger charge is -2.25. The molecule has 0 aliphatic carbocycles. The van der Waals surface area contributed by atoms with Gasteiger partial charge in [0.25, 0.3) is 5.91 Å². The molecule has 0 saturated carbocycles. The Hall–Kier alpha value is -2.84. The van der Waals surface area contributed by atoms with Gasteiger partial charge in [-0.25, -0.2) is 0 Å². The normalized spacial score (nSPS) is 17.5. The topological polar surface area (TPSA) is 76.0 Å². The number of nitrogens with zero attached hydrogens (tertiary/aromatic N) is 2. The fraction of sp³-hybridized carbons (Fsp3) is 0.421. The van der Waals surface area contributed by atoms with Crippen molar-refractivity contribution in [1.29, 1.82) is 0 Å². The van der Waals surface area contributed by atoms with E-state index in [2.05, 4.69) is 15.7 Å². The van der Waals surface area contributed by atoms with Crippen molar-refractivity contribution >= 4 is 11.8 Å². The van der Waals surface area contributed by atoms with Crippen molar-refractivity contribution in [3.63, 3.8) is 0 Å². The third-order valence-corrected chi connectivity index (χ3v) is 4.80. The zero-order valence-electron chi connectivity index (χ0n) is 15.3. The minimum atomic E-state index is -4.63. The first-order valence-electron chi connectivity index (χ1n) is 8.97. The maximum atomic E-state index is 13.5. The second-order valence-corrected chi connectivity index (χ2v) is 6.88. The molecule has 2 atom stereocenters. The summed E-state index contributed by atoms with van der Waals surface area (Å²) in [5, 5.41) is 8.98. The molecule has 2 amide bonds. The molecule has 2 heterocycles. The number of hydrogen-bond donors (Lipinski definition) is 2. The summed E-state index contributed by atoms with van der Waals surface area (Å²) in [5.74, 6) is -0.854. The van der Waals surface area contributed by atoms with Gasteiger partial charge in [0.05, 0.1) is 17.5 Å². The van der Waals surface area contributed by atoms with Gasteiger partial charge in [0.2, 0.25) is 5.91 Å². The monoisotopic (exact) mass is 394 g/mol. The lowest BCUT2D eigenvalue weighted by molar-refractivity contribution is -0.155. The van der Waals surface area contributed by atoms with Crippen LogP contribution in [0.2, 0.25) is 0 Å². The molecule has 9 heteroatoms. The first kappa shape index (κ1) is 19.9. The Morgan fingerprint density at radius 1 is 1.29 bits per heavy atom. The van der Waals surface area contributed by atoms with Crippen molar-refractivity contribution in [2.45, 2.75) is 38.5 Å². The van der Waals surface area contributed by atoms with E-state index in [0.29, 0.717) is 25.2 Å². The zero-order valence-corrected chi connectivity index (χ0v) is 15.3. The quantitative estimate of drug-likeness (QED) is 0.819. The molecule has 0 spiro atoms. The van der Waals surface area contributed by atoms with Crippen molar-refractivity contribution in [3.8, 4) is 0 Å². The first-order chi connectivity index (χ1) is 13.3. The molecule has 2 aromatic rings. The predicted molar refractivity (Wildman–Crippen MR) is 95.4 cm³/mol. The number of amides is 2. The summed E-state index contributed by atoms with van der Waals surface area (Å²) in [6, 6.07) is 5.16. The number of aromatic nitrogens is 2. The van der Waals surface area contributed by atoms with Crippen LogP contribution in [0.1, 0.15) is 41.0 Å². The molecule has 0 bridgehead atoms. The Kier molecular flexibility index (Phi) is 5.71. The predicted octanol–water partition coefficient (Wildman–Crippen LogP) is 2.61. The lowest BCUT2D eigenvalue weighted by Crippen LogP contribution is -2.39. The molecule has 0 saturated heterocycles. The van der Waals surface area contributed by atoms with Crippen LogP contribution < -0.4 is 10.6 Å². The van der Waals surface area contributed by atoms with Gasteiger partial charge >= 0.3 is 6.18 Å². The first-order valence-corrected chi connectivity index (χ1v) is 8.97. The van der Waals surface area contributed by atoms with Crippen LogP contribution in [0.3, 0.4) is 0 Å². The molecule has 6 nitrogen and oxygen atoms in total. The van der Waals surface area contributed by atoms with Crippen molar-refractivity contribution in [1.82, 2.24) is 20.4 Å². The molecule has 1 aromatic heterocycles. The second-order valence-electron chi connectivity index (χ2n) is 6.88.